The summed E-state index contributed by atoms with van der Waals surface area (Å²) in [7, 11) is 0. The summed E-state index contributed by atoms with van der Waals surface area (Å²) < 4.78 is 14.9. The fourth-order valence-corrected chi connectivity index (χ4v) is 20.2. The van der Waals surface area contributed by atoms with Crippen LogP contribution in [-0.2, 0) is 10.8 Å². The Labute approximate surface area is 595 Å². The first kappa shape index (κ1) is 55.6. The van der Waals surface area contributed by atoms with Gasteiger partial charge in [0.05, 0.1) is 33.6 Å². The van der Waals surface area contributed by atoms with Crippen molar-refractivity contribution in [1.29, 1.82) is 0 Å². The molecule has 4 aliphatic carbocycles. The van der Waals surface area contributed by atoms with E-state index in [1.165, 1.54) is 94.5 Å². The lowest BCUT2D eigenvalue weighted by atomic mass is 9.33. The molecular weight excluding hydrogens is 1250 g/mol. The van der Waals surface area contributed by atoms with E-state index >= 15 is 0 Å². The topological polar surface area (TPSA) is 32.8 Å². The smallest absolute Gasteiger partial charge is 0.252 e. The van der Waals surface area contributed by atoms with Gasteiger partial charge < -0.3 is 18.6 Å². The third-order valence-corrected chi connectivity index (χ3v) is 24.1. The largest absolute Gasteiger partial charge is 0.454 e. The maximum absolute atomic E-state index is 7.43. The first-order chi connectivity index (χ1) is 51.1. The number of rotatable bonds is 5. The van der Waals surface area contributed by atoms with Gasteiger partial charge in [0.25, 0.3) is 6.71 Å². The lowest BCUT2D eigenvalue weighted by molar-refractivity contribution is 0.669. The molecule has 2 aromatic heterocycles. The van der Waals surface area contributed by atoms with Gasteiger partial charge in [-0.3, -0.25) is 0 Å². The molecule has 103 heavy (non-hydrogen) atoms. The van der Waals surface area contributed by atoms with Gasteiger partial charge in [-0.2, -0.15) is 0 Å². The van der Waals surface area contributed by atoms with Crippen LogP contribution in [0.25, 0.3) is 122 Å². The Morgan fingerprint density at radius 2 is 0.553 bits per heavy atom. The van der Waals surface area contributed by atoms with E-state index in [9.17, 15) is 0 Å². The normalized spacial score (nSPS) is 14.3. The molecule has 0 amide bonds. The van der Waals surface area contributed by atoms with Gasteiger partial charge in [-0.25, -0.2) is 0 Å². The number of furan rings is 2. The van der Waals surface area contributed by atoms with Gasteiger partial charge in [-0.05, 0) is 176 Å². The van der Waals surface area contributed by atoms with Crippen molar-refractivity contribution in [1.82, 2.24) is 0 Å². The third kappa shape index (κ3) is 7.01. The van der Waals surface area contributed by atoms with Crippen LogP contribution in [0.2, 0.25) is 0 Å². The van der Waals surface area contributed by atoms with E-state index < -0.39 is 10.8 Å². The molecule has 0 N–H and O–H groups in total. The second-order valence-corrected chi connectivity index (χ2v) is 28.7. The van der Waals surface area contributed by atoms with Gasteiger partial charge in [0, 0.05) is 44.0 Å². The standard InChI is InChI=1S/C98H57BN2O2/c1-2-24-58(25-3-1)61-56-88-92-89(57-61)101(87-43-21-11-27-63(87)60-47-51-83-75(55-60)69-33-9-19-41-81(69)98(83)78-38-16-6-30-66(78)67-31-7-17-39-79(67)98)94-85(53-49-73-71-35-13-23-45-91(71)103-96(73)94)99(92)84-52-48-72-70-34-12-22-44-90(70)102-95(72)93(84)100(88)86-42-20-10-26-62(86)59-46-50-82-74(54-59)68-32-8-18-40-80(68)97(82)76-36-14-4-28-64(76)65-29-5-15-37-77(65)97/h1-57H. The monoisotopic (exact) mass is 1300 g/mol. The molecule has 2 aliphatic heterocycles. The molecule has 24 rings (SSSR count). The maximum atomic E-state index is 7.43. The van der Waals surface area contributed by atoms with Gasteiger partial charge >= 0.3 is 0 Å². The number of anilines is 6. The Balaban J connectivity index is 0.778. The first-order valence-electron chi connectivity index (χ1n) is 35.9. The highest BCUT2D eigenvalue weighted by Gasteiger charge is 2.54. The van der Waals surface area contributed by atoms with Crippen molar-refractivity contribution in [2.24, 2.45) is 0 Å². The van der Waals surface area contributed by atoms with Crippen LogP contribution in [-0.4, -0.2) is 6.71 Å². The molecule has 0 saturated heterocycles. The van der Waals surface area contributed by atoms with Crippen LogP contribution in [0.5, 0.6) is 0 Å². The Morgan fingerprint density at radius 3 is 0.961 bits per heavy atom. The SMILES string of the molecule is c1ccc(-c2cc3c4c(c2)N(c2ccccc2-c2ccc5c(c2)-c2ccccc2C52c5ccccc5-c5ccccc52)c2c(ccc5c2oc2ccccc25)B4c2ccc4c(oc5ccccc54)c2N3c2ccccc2-c2ccc3c(c2)-c2ccccc2C32c3ccccc3-c3ccccc32)cc1. The van der Waals surface area contributed by atoms with E-state index in [1.54, 1.807) is 0 Å². The maximum Gasteiger partial charge on any atom is 0.252 e. The van der Waals surface area contributed by atoms with E-state index in [1.807, 2.05) is 0 Å². The highest BCUT2D eigenvalue weighted by Crippen LogP contribution is 2.66. The number of hydrogen-bond donors (Lipinski definition) is 0. The van der Waals surface area contributed by atoms with Gasteiger partial charge in [-0.1, -0.05) is 297 Å². The predicted octanol–water partition coefficient (Wildman–Crippen LogP) is 23.3. The average molecular weight is 1310 g/mol. The zero-order valence-corrected chi connectivity index (χ0v) is 55.7. The summed E-state index contributed by atoms with van der Waals surface area (Å²) in [6, 6.07) is 130. The molecule has 0 fully saturated rings. The molecule has 18 aromatic rings. The molecular formula is C98H57BN2O2. The number of para-hydroxylation sites is 4. The number of fused-ring (bicyclic) bond motifs is 32. The lowest BCUT2D eigenvalue weighted by Crippen LogP contribution is -2.61. The Kier molecular flexibility index (Phi) is 10.9. The van der Waals surface area contributed by atoms with Gasteiger partial charge in [-0.15, -0.1) is 0 Å². The van der Waals surface area contributed by atoms with Crippen molar-refractivity contribution in [2.45, 2.75) is 10.8 Å². The summed E-state index contributed by atoms with van der Waals surface area (Å²) in [6.45, 7) is -0.281. The van der Waals surface area contributed by atoms with E-state index in [0.717, 1.165) is 122 Å². The van der Waals surface area contributed by atoms with Crippen LogP contribution in [0, 0.1) is 0 Å². The van der Waals surface area contributed by atoms with Crippen LogP contribution in [0.4, 0.5) is 34.1 Å². The Morgan fingerprint density at radius 1 is 0.223 bits per heavy atom. The summed E-state index contributed by atoms with van der Waals surface area (Å²) in [5.41, 5.74) is 39.7. The molecule has 2 spiro atoms. The summed E-state index contributed by atoms with van der Waals surface area (Å²) in [5.74, 6) is 0. The second-order valence-electron chi connectivity index (χ2n) is 28.7. The van der Waals surface area contributed by atoms with Crippen molar-refractivity contribution in [3.8, 4) is 77.9 Å². The number of benzene rings is 16. The summed E-state index contributed by atoms with van der Waals surface area (Å²) in [4.78, 5) is 5.18. The summed E-state index contributed by atoms with van der Waals surface area (Å²) in [5, 5.41) is 4.30. The molecule has 6 aliphatic rings. The van der Waals surface area contributed by atoms with E-state index in [4.69, 9.17) is 8.83 Å². The van der Waals surface area contributed by atoms with Gasteiger partial charge in [0.2, 0.25) is 0 Å². The van der Waals surface area contributed by atoms with Crippen molar-refractivity contribution >= 4 is 101 Å². The van der Waals surface area contributed by atoms with Gasteiger partial charge in [0.15, 0.2) is 11.2 Å². The molecule has 16 aromatic carbocycles. The number of hydrogen-bond acceptors (Lipinski definition) is 4. The van der Waals surface area contributed by atoms with Crippen LogP contribution in [0.15, 0.2) is 355 Å². The summed E-state index contributed by atoms with van der Waals surface area (Å²) in [6.07, 6.45) is 0. The molecule has 0 bridgehead atoms. The van der Waals surface area contributed by atoms with E-state index in [-0.39, 0.29) is 6.71 Å². The second kappa shape index (κ2) is 20.3. The van der Waals surface area contributed by atoms with Crippen molar-refractivity contribution in [3.05, 3.63) is 390 Å². The third-order valence-electron chi connectivity index (χ3n) is 24.1. The number of nitrogens with zero attached hydrogens (tertiary/aromatic N) is 2. The zero-order valence-electron chi connectivity index (χ0n) is 55.7. The fraction of sp³-hybridized carbons (Fsp3) is 0.0204. The highest BCUT2D eigenvalue weighted by atomic mass is 16.3. The van der Waals surface area contributed by atoms with Crippen LogP contribution in [0.1, 0.15) is 44.5 Å². The van der Waals surface area contributed by atoms with Crippen LogP contribution < -0.4 is 26.2 Å². The fourth-order valence-electron chi connectivity index (χ4n) is 20.2. The first-order valence-corrected chi connectivity index (χ1v) is 35.9. The van der Waals surface area contributed by atoms with E-state index in [0.29, 0.717) is 0 Å². The van der Waals surface area contributed by atoms with Gasteiger partial charge in [0.1, 0.15) is 11.2 Å². The lowest BCUT2D eigenvalue weighted by Gasteiger charge is -2.45. The highest BCUT2D eigenvalue weighted by molar-refractivity contribution is 7.01. The van der Waals surface area contributed by atoms with Crippen molar-refractivity contribution in [3.63, 3.8) is 0 Å². The molecule has 0 atom stereocenters. The quantitative estimate of drug-likeness (QED) is 0.161. The Bertz CT molecular complexity index is 6330. The molecule has 4 nitrogen and oxygen atoms in total. The molecule has 0 radical (unpaired) electrons. The summed E-state index contributed by atoms with van der Waals surface area (Å²) >= 11 is 0. The molecule has 5 heteroatoms. The predicted molar refractivity (Wildman–Crippen MR) is 424 cm³/mol. The molecule has 0 unspecified atom stereocenters. The minimum Gasteiger partial charge on any atom is -0.454 e. The zero-order chi connectivity index (χ0) is 67.0. The molecule has 0 saturated carbocycles. The minimum atomic E-state index is -0.472. The van der Waals surface area contributed by atoms with Crippen LogP contribution >= 0.6 is 0 Å². The molecule has 4 heterocycles. The average Bonchev–Trinajstić information content (AvgIpc) is 1.60. The van der Waals surface area contributed by atoms with Crippen LogP contribution in [0.3, 0.4) is 0 Å². The minimum absolute atomic E-state index is 0.281. The van der Waals surface area contributed by atoms with Crippen molar-refractivity contribution < 1.29 is 8.83 Å². The molecule has 474 valence electrons. The van der Waals surface area contributed by atoms with E-state index in [2.05, 4.69) is 356 Å². The Hall–Kier alpha value is -13.2. The van der Waals surface area contributed by atoms with Crippen molar-refractivity contribution in [2.75, 3.05) is 9.80 Å².